The summed E-state index contributed by atoms with van der Waals surface area (Å²) in [4.78, 5) is 16.6. The molecule has 0 unspecified atom stereocenters. The van der Waals surface area contributed by atoms with Gasteiger partial charge in [-0.2, -0.15) is 0 Å². The van der Waals surface area contributed by atoms with Crippen LogP contribution < -0.4 is 16.0 Å². The van der Waals surface area contributed by atoms with E-state index >= 15 is 0 Å². The van der Waals surface area contributed by atoms with Crippen molar-refractivity contribution in [2.24, 2.45) is 11.3 Å². The van der Waals surface area contributed by atoms with Crippen molar-refractivity contribution in [1.82, 2.24) is 10.2 Å². The summed E-state index contributed by atoms with van der Waals surface area (Å²) in [6, 6.07) is 12.2. The second-order valence-corrected chi connectivity index (χ2v) is 10.9. The fourth-order valence-electron chi connectivity index (χ4n) is 6.15. The number of rotatable bonds is 6. The minimum Gasteiger partial charge on any atom is -0.445 e. The molecule has 3 aliphatic rings. The maximum absolute atomic E-state index is 14.3. The molecule has 2 saturated heterocycles. The van der Waals surface area contributed by atoms with Gasteiger partial charge in [-0.3, -0.25) is 0 Å². The molecule has 3 N–H and O–H groups in total. The van der Waals surface area contributed by atoms with Crippen molar-refractivity contribution >= 4 is 17.5 Å². The molecule has 0 atom stereocenters. The van der Waals surface area contributed by atoms with Crippen molar-refractivity contribution in [3.63, 3.8) is 0 Å². The van der Waals surface area contributed by atoms with Crippen molar-refractivity contribution in [1.29, 1.82) is 0 Å². The van der Waals surface area contributed by atoms with Gasteiger partial charge in [0, 0.05) is 37.8 Å². The van der Waals surface area contributed by atoms with Crippen LogP contribution in [0.1, 0.15) is 44.1 Å². The van der Waals surface area contributed by atoms with E-state index in [9.17, 15) is 13.6 Å². The highest BCUT2D eigenvalue weighted by Gasteiger charge is 2.46. The van der Waals surface area contributed by atoms with Crippen LogP contribution in [0.4, 0.5) is 25.0 Å². The average Bonchev–Trinajstić information content (AvgIpc) is 2.86. The molecule has 0 radical (unpaired) electrons. The first-order chi connectivity index (χ1) is 17.4. The van der Waals surface area contributed by atoms with Crippen molar-refractivity contribution in [3.8, 4) is 0 Å². The lowest BCUT2D eigenvalue weighted by Crippen LogP contribution is -2.55. The number of hydrogen-bond donors (Lipinski definition) is 2. The van der Waals surface area contributed by atoms with Crippen LogP contribution in [0.5, 0.6) is 0 Å². The molecule has 2 aliphatic heterocycles. The molecule has 6 nitrogen and oxygen atoms in total. The Labute approximate surface area is 211 Å². The zero-order valence-corrected chi connectivity index (χ0v) is 20.7. The molecule has 0 bridgehead atoms. The normalized spacial score (nSPS) is 20.8. The average molecular weight is 499 g/mol. The van der Waals surface area contributed by atoms with Crippen LogP contribution >= 0.6 is 0 Å². The van der Waals surface area contributed by atoms with Crippen molar-refractivity contribution < 1.29 is 18.3 Å². The number of nitrogens with one attached hydrogen (secondary N) is 1. The third-order valence-electron chi connectivity index (χ3n) is 8.35. The standard InChI is InChI=1S/C28H36F2N4O2/c29-23-15-26(24(30)14-25(23)31)34-10-6-20(7-11-34)18-33-12-8-28(9-13-33)16-22(17-28)32-27(35)36-19-21-4-2-1-3-5-21/h1-5,14-15,20,22H,6-13,16-19,31H2,(H,32,35). The van der Waals surface area contributed by atoms with Gasteiger partial charge in [0.25, 0.3) is 0 Å². The van der Waals surface area contributed by atoms with Crippen molar-refractivity contribution in [3.05, 3.63) is 59.7 Å². The Hall–Kier alpha value is -2.87. The first-order valence-electron chi connectivity index (χ1n) is 13.1. The van der Waals surface area contributed by atoms with E-state index in [1.165, 1.54) is 18.9 Å². The lowest BCUT2D eigenvalue weighted by molar-refractivity contribution is 0.000389. The Morgan fingerprint density at radius 3 is 2.42 bits per heavy atom. The van der Waals surface area contributed by atoms with Crippen LogP contribution in [0.15, 0.2) is 42.5 Å². The lowest BCUT2D eigenvalue weighted by atomic mass is 9.60. The molecule has 1 spiro atoms. The van der Waals surface area contributed by atoms with E-state index in [0.29, 0.717) is 23.6 Å². The molecule has 1 saturated carbocycles. The predicted octanol–water partition coefficient (Wildman–Crippen LogP) is 4.93. The van der Waals surface area contributed by atoms with Crippen LogP contribution in [0.25, 0.3) is 0 Å². The largest absolute Gasteiger partial charge is 0.445 e. The zero-order valence-electron chi connectivity index (χ0n) is 20.7. The van der Waals surface area contributed by atoms with Gasteiger partial charge in [0.1, 0.15) is 18.2 Å². The number of hydrogen-bond acceptors (Lipinski definition) is 5. The van der Waals surface area contributed by atoms with Gasteiger partial charge in [0.15, 0.2) is 0 Å². The number of likely N-dealkylation sites (tertiary alicyclic amines) is 1. The third-order valence-corrected chi connectivity index (χ3v) is 8.35. The van der Waals surface area contributed by atoms with Gasteiger partial charge in [0.2, 0.25) is 0 Å². The van der Waals surface area contributed by atoms with Crippen molar-refractivity contribution in [2.75, 3.05) is 43.4 Å². The molecule has 5 rings (SSSR count). The SMILES string of the molecule is Nc1cc(F)c(N2CCC(CN3CCC4(CC3)CC(NC(=O)OCc3ccccc3)C4)CC2)cc1F. The zero-order chi connectivity index (χ0) is 25.1. The number of halogens is 2. The fraction of sp³-hybridized carbons (Fsp3) is 0.536. The number of nitrogen functional groups attached to an aromatic ring is 1. The summed E-state index contributed by atoms with van der Waals surface area (Å²) >= 11 is 0. The number of carbonyl (C=O) groups is 1. The molecule has 3 fully saturated rings. The van der Waals surface area contributed by atoms with E-state index < -0.39 is 11.6 Å². The molecule has 2 aromatic rings. The molecule has 0 aromatic heterocycles. The summed E-state index contributed by atoms with van der Waals surface area (Å²) in [5, 5.41) is 3.03. The molecular weight excluding hydrogens is 462 g/mol. The van der Waals surface area contributed by atoms with E-state index in [1.807, 2.05) is 35.2 Å². The maximum atomic E-state index is 14.3. The molecule has 194 valence electrons. The quantitative estimate of drug-likeness (QED) is 0.553. The summed E-state index contributed by atoms with van der Waals surface area (Å²) in [5.74, 6) is -0.438. The van der Waals surface area contributed by atoms with Crippen LogP contribution in [0, 0.1) is 23.0 Å². The minimum absolute atomic E-state index is 0.148. The monoisotopic (exact) mass is 498 g/mol. The van der Waals surface area contributed by atoms with Gasteiger partial charge < -0.3 is 25.6 Å². The number of benzene rings is 2. The Morgan fingerprint density at radius 1 is 1.03 bits per heavy atom. The molecule has 1 amide bonds. The number of carbonyl (C=O) groups excluding carboxylic acids is 1. The van der Waals surface area contributed by atoms with Gasteiger partial charge in [-0.15, -0.1) is 0 Å². The number of alkyl carbamates (subject to hydrolysis) is 1. The van der Waals surface area contributed by atoms with Gasteiger partial charge in [-0.1, -0.05) is 30.3 Å². The van der Waals surface area contributed by atoms with Gasteiger partial charge in [-0.25, -0.2) is 13.6 Å². The van der Waals surface area contributed by atoms with Gasteiger partial charge >= 0.3 is 6.09 Å². The first-order valence-corrected chi connectivity index (χ1v) is 13.1. The minimum atomic E-state index is -0.562. The third kappa shape index (κ3) is 5.75. The van der Waals surface area contributed by atoms with Gasteiger partial charge in [-0.05, 0) is 68.5 Å². The number of anilines is 2. The molecule has 1 aliphatic carbocycles. The van der Waals surface area contributed by atoms with E-state index in [0.717, 1.165) is 70.0 Å². The maximum Gasteiger partial charge on any atom is 0.407 e. The molecular formula is C28H36F2N4O2. The second kappa shape index (κ2) is 10.6. The highest BCUT2D eigenvalue weighted by molar-refractivity contribution is 5.67. The van der Waals surface area contributed by atoms with Crippen LogP contribution in [-0.2, 0) is 11.3 Å². The van der Waals surface area contributed by atoms with Crippen LogP contribution in [-0.4, -0.2) is 49.8 Å². The fourth-order valence-corrected chi connectivity index (χ4v) is 6.15. The summed E-state index contributed by atoms with van der Waals surface area (Å²) in [5.41, 5.74) is 6.99. The number of ether oxygens (including phenoxy) is 1. The number of nitrogens with zero attached hydrogens (tertiary/aromatic N) is 2. The summed E-state index contributed by atoms with van der Waals surface area (Å²) < 4.78 is 33.5. The molecule has 36 heavy (non-hydrogen) atoms. The van der Waals surface area contributed by atoms with E-state index in [1.54, 1.807) is 0 Å². The Bertz CT molecular complexity index is 1040. The number of piperidine rings is 2. The molecule has 2 aromatic carbocycles. The molecule has 8 heteroatoms. The smallest absolute Gasteiger partial charge is 0.407 e. The Morgan fingerprint density at radius 2 is 1.72 bits per heavy atom. The van der Waals surface area contributed by atoms with E-state index in [-0.39, 0.29) is 17.8 Å². The van der Waals surface area contributed by atoms with E-state index in [2.05, 4.69) is 10.2 Å². The Kier molecular flexibility index (Phi) is 7.32. The summed E-state index contributed by atoms with van der Waals surface area (Å²) in [6.07, 6.45) is 6.02. The second-order valence-electron chi connectivity index (χ2n) is 10.9. The Balaban J connectivity index is 0.995. The molecule has 2 heterocycles. The van der Waals surface area contributed by atoms with E-state index in [4.69, 9.17) is 10.5 Å². The van der Waals surface area contributed by atoms with Crippen molar-refractivity contribution in [2.45, 2.75) is 51.2 Å². The lowest BCUT2D eigenvalue weighted by Gasteiger charge is -2.52. The predicted molar refractivity (Wildman–Crippen MR) is 137 cm³/mol. The number of amides is 1. The topological polar surface area (TPSA) is 70.8 Å². The highest BCUT2D eigenvalue weighted by Crippen LogP contribution is 2.49. The first kappa shape index (κ1) is 24.8. The van der Waals surface area contributed by atoms with Crippen LogP contribution in [0.3, 0.4) is 0 Å². The number of nitrogens with two attached hydrogens (primary N) is 1. The van der Waals surface area contributed by atoms with Crippen LogP contribution in [0.2, 0.25) is 0 Å². The van der Waals surface area contributed by atoms with Gasteiger partial charge in [0.05, 0.1) is 11.4 Å². The highest BCUT2D eigenvalue weighted by atomic mass is 19.1. The summed E-state index contributed by atoms with van der Waals surface area (Å²) in [7, 11) is 0. The summed E-state index contributed by atoms with van der Waals surface area (Å²) in [6.45, 7) is 5.00.